The van der Waals surface area contributed by atoms with Gasteiger partial charge in [0.25, 0.3) is 0 Å². The van der Waals surface area contributed by atoms with Crippen LogP contribution in [0.5, 0.6) is 0 Å². The van der Waals surface area contributed by atoms with E-state index >= 15 is 0 Å². The molecule has 2 aliphatic heterocycles. The number of thiazole rings is 1. The fourth-order valence-corrected chi connectivity index (χ4v) is 4.71. The maximum Gasteiger partial charge on any atom is 0.226 e. The number of rotatable bonds is 5. The molecule has 0 aromatic carbocycles. The van der Waals surface area contributed by atoms with Crippen molar-refractivity contribution in [1.82, 2.24) is 10.3 Å². The van der Waals surface area contributed by atoms with Gasteiger partial charge in [-0.3, -0.25) is 4.79 Å². The molecule has 4 atom stereocenters. The summed E-state index contributed by atoms with van der Waals surface area (Å²) in [7, 11) is 0. The molecule has 0 saturated carbocycles. The van der Waals surface area contributed by atoms with Crippen LogP contribution in [0.4, 0.5) is 0 Å². The van der Waals surface area contributed by atoms with Crippen LogP contribution in [0.15, 0.2) is 34.4 Å². The third-order valence-corrected chi connectivity index (χ3v) is 6.15. The van der Waals surface area contributed by atoms with Crippen molar-refractivity contribution in [2.24, 2.45) is 5.92 Å². The Morgan fingerprint density at radius 1 is 1.48 bits per heavy atom. The van der Waals surface area contributed by atoms with Gasteiger partial charge in [-0.2, -0.15) is 11.3 Å². The van der Waals surface area contributed by atoms with Gasteiger partial charge in [-0.25, -0.2) is 4.98 Å². The Labute approximate surface area is 143 Å². The van der Waals surface area contributed by atoms with Crippen LogP contribution in [0.2, 0.25) is 0 Å². The van der Waals surface area contributed by atoms with Crippen LogP contribution in [0.25, 0.3) is 0 Å². The average molecular weight is 346 g/mol. The number of ether oxygens (including phenoxy) is 1. The van der Waals surface area contributed by atoms with E-state index in [9.17, 15) is 4.79 Å². The molecule has 0 radical (unpaired) electrons. The quantitative estimate of drug-likeness (QED) is 0.846. The van der Waals surface area contributed by atoms with Crippen molar-refractivity contribution < 1.29 is 9.53 Å². The summed E-state index contributed by atoms with van der Waals surface area (Å²) < 4.78 is 5.72. The molecular weight excluding hydrogens is 328 g/mol. The largest absolute Gasteiger partial charge is 0.366 e. The number of fused-ring (bicyclic) bond motifs is 2. The fourth-order valence-electron chi connectivity index (χ4n) is 3.19. The van der Waals surface area contributed by atoms with E-state index in [0.717, 1.165) is 23.5 Å². The average Bonchev–Trinajstić information content (AvgIpc) is 3.31. The maximum absolute atomic E-state index is 12.7. The van der Waals surface area contributed by atoms with E-state index in [1.807, 2.05) is 18.4 Å². The lowest BCUT2D eigenvalue weighted by Gasteiger charge is -2.21. The Bertz CT molecular complexity index is 723. The molecule has 1 amide bonds. The highest BCUT2D eigenvalue weighted by atomic mass is 32.1. The number of aryl methyl sites for hydroxylation is 1. The number of carbonyl (C=O) groups is 1. The summed E-state index contributed by atoms with van der Waals surface area (Å²) in [5.41, 5.74) is 2.23. The van der Waals surface area contributed by atoms with Gasteiger partial charge in [-0.15, -0.1) is 11.3 Å². The molecular formula is C17H18N2O2S2. The van der Waals surface area contributed by atoms with E-state index in [4.69, 9.17) is 4.74 Å². The summed E-state index contributed by atoms with van der Waals surface area (Å²) in [5.74, 6) is 0.00552. The highest BCUT2D eigenvalue weighted by Gasteiger charge is 2.41. The molecule has 2 aliphatic rings. The Morgan fingerprint density at radius 3 is 3.00 bits per heavy atom. The summed E-state index contributed by atoms with van der Waals surface area (Å²) in [6.07, 6.45) is 5.70. The molecule has 4 heterocycles. The molecule has 2 aromatic rings. The van der Waals surface area contributed by atoms with E-state index in [0.29, 0.717) is 0 Å². The third-order valence-electron chi connectivity index (χ3n) is 4.34. The lowest BCUT2D eigenvalue weighted by atomic mass is 9.93. The molecule has 1 saturated heterocycles. The van der Waals surface area contributed by atoms with Gasteiger partial charge in [0, 0.05) is 17.5 Å². The number of hydrogen-bond donors (Lipinski definition) is 1. The zero-order valence-electron chi connectivity index (χ0n) is 12.8. The van der Waals surface area contributed by atoms with E-state index in [1.54, 1.807) is 22.7 Å². The predicted molar refractivity (Wildman–Crippen MR) is 91.7 cm³/mol. The molecule has 6 heteroatoms. The van der Waals surface area contributed by atoms with Gasteiger partial charge in [0.1, 0.15) is 5.01 Å². The first-order chi connectivity index (χ1) is 11.2. The highest BCUT2D eigenvalue weighted by molar-refractivity contribution is 7.09. The summed E-state index contributed by atoms with van der Waals surface area (Å²) in [6, 6.07) is 2.03. The van der Waals surface area contributed by atoms with Crippen molar-refractivity contribution in [3.63, 3.8) is 0 Å². The summed E-state index contributed by atoms with van der Waals surface area (Å²) in [6.45, 7) is 1.98. The van der Waals surface area contributed by atoms with Gasteiger partial charge >= 0.3 is 0 Å². The van der Waals surface area contributed by atoms with Crippen LogP contribution in [-0.2, 0) is 16.0 Å². The Morgan fingerprint density at radius 2 is 2.39 bits per heavy atom. The van der Waals surface area contributed by atoms with Gasteiger partial charge in [-0.1, -0.05) is 12.2 Å². The second-order valence-corrected chi connectivity index (χ2v) is 7.76. The lowest BCUT2D eigenvalue weighted by Crippen LogP contribution is -2.38. The molecule has 0 unspecified atom stereocenters. The second-order valence-electron chi connectivity index (χ2n) is 6.09. The maximum atomic E-state index is 12.7. The van der Waals surface area contributed by atoms with E-state index in [-0.39, 0.29) is 30.1 Å². The Hall–Kier alpha value is -1.50. The van der Waals surface area contributed by atoms with Crippen molar-refractivity contribution >= 4 is 28.6 Å². The van der Waals surface area contributed by atoms with Crippen LogP contribution in [0.3, 0.4) is 0 Å². The van der Waals surface area contributed by atoms with Gasteiger partial charge < -0.3 is 10.1 Å². The number of nitrogens with zero attached hydrogens (tertiary/aromatic N) is 1. The zero-order chi connectivity index (χ0) is 15.8. The molecule has 23 heavy (non-hydrogen) atoms. The van der Waals surface area contributed by atoms with Gasteiger partial charge in [0.2, 0.25) is 5.91 Å². The van der Waals surface area contributed by atoms with Gasteiger partial charge in [0.15, 0.2) is 0 Å². The minimum absolute atomic E-state index is 0.0557. The molecule has 0 spiro atoms. The minimum atomic E-state index is -0.0731. The molecule has 120 valence electrons. The molecule has 1 fully saturated rings. The third kappa shape index (κ3) is 3.11. The van der Waals surface area contributed by atoms with Crippen molar-refractivity contribution in [1.29, 1.82) is 0 Å². The van der Waals surface area contributed by atoms with Crippen LogP contribution in [-0.4, -0.2) is 23.1 Å². The minimum Gasteiger partial charge on any atom is -0.366 e. The van der Waals surface area contributed by atoms with E-state index < -0.39 is 0 Å². The predicted octanol–water partition coefficient (Wildman–Crippen LogP) is 3.26. The molecule has 0 aliphatic carbocycles. The second kappa shape index (κ2) is 6.19. The molecule has 1 N–H and O–H groups in total. The fraction of sp³-hybridized carbons (Fsp3) is 0.412. The number of amides is 1. The van der Waals surface area contributed by atoms with Crippen molar-refractivity contribution in [3.05, 3.63) is 50.6 Å². The molecule has 4 nitrogen and oxygen atoms in total. The summed E-state index contributed by atoms with van der Waals surface area (Å²) in [4.78, 5) is 17.3. The number of thiophene rings is 1. The summed E-state index contributed by atoms with van der Waals surface area (Å²) >= 11 is 3.29. The zero-order valence-corrected chi connectivity index (χ0v) is 14.4. The van der Waals surface area contributed by atoms with Crippen molar-refractivity contribution in [2.45, 2.75) is 38.0 Å². The van der Waals surface area contributed by atoms with E-state index in [1.165, 1.54) is 5.56 Å². The SMILES string of the molecule is Cc1csc([C@@H](Cc2ccsc2)NC(=O)[C@@H]2C[C@H]3C=C[C@H]2O3)n1. The van der Waals surface area contributed by atoms with Crippen molar-refractivity contribution in [2.75, 3.05) is 0 Å². The van der Waals surface area contributed by atoms with Crippen LogP contribution < -0.4 is 5.32 Å². The Balaban J connectivity index is 1.51. The highest BCUT2D eigenvalue weighted by Crippen LogP contribution is 2.34. The number of aromatic nitrogens is 1. The monoisotopic (exact) mass is 346 g/mol. The lowest BCUT2D eigenvalue weighted by molar-refractivity contribution is -0.126. The summed E-state index contributed by atoms with van der Waals surface area (Å²) in [5, 5.41) is 10.4. The van der Waals surface area contributed by atoms with Crippen LogP contribution in [0.1, 0.15) is 28.7 Å². The smallest absolute Gasteiger partial charge is 0.226 e. The van der Waals surface area contributed by atoms with Crippen LogP contribution in [0, 0.1) is 12.8 Å². The first-order valence-corrected chi connectivity index (χ1v) is 9.58. The van der Waals surface area contributed by atoms with Crippen LogP contribution >= 0.6 is 22.7 Å². The molecule has 2 aromatic heterocycles. The first kappa shape index (κ1) is 15.1. The standard InChI is InChI=1S/C17H18N2O2S2/c1-10-8-23-17(18-10)14(6-11-4-5-22-9-11)19-16(20)13-7-12-2-3-15(13)21-12/h2-5,8-9,12-15H,6-7H2,1H3,(H,19,20)/t12-,13-,14-,15-/m1/s1. The van der Waals surface area contributed by atoms with Crippen molar-refractivity contribution in [3.8, 4) is 0 Å². The van der Waals surface area contributed by atoms with E-state index in [2.05, 4.69) is 33.2 Å². The normalized spacial score (nSPS) is 26.6. The number of nitrogens with one attached hydrogen (secondary N) is 1. The number of carbonyl (C=O) groups excluding carboxylic acids is 1. The first-order valence-electron chi connectivity index (χ1n) is 7.76. The van der Waals surface area contributed by atoms with Gasteiger partial charge in [0.05, 0.1) is 24.2 Å². The molecule has 4 rings (SSSR count). The Kier molecular flexibility index (Phi) is 4.05. The van der Waals surface area contributed by atoms with Gasteiger partial charge in [-0.05, 0) is 35.7 Å². The number of hydrogen-bond acceptors (Lipinski definition) is 5. The molecule has 2 bridgehead atoms. The topological polar surface area (TPSA) is 51.2 Å².